The Morgan fingerprint density at radius 1 is 1.20 bits per heavy atom. The maximum atomic E-state index is 12.3. The van der Waals surface area contributed by atoms with Gasteiger partial charge in [-0.25, -0.2) is 0 Å². The van der Waals surface area contributed by atoms with Crippen LogP contribution >= 0.6 is 11.6 Å². The van der Waals surface area contributed by atoms with E-state index >= 15 is 0 Å². The number of carbonyl (C=O) groups excluding carboxylic acids is 1. The Kier molecular flexibility index (Phi) is 5.79. The molecular formula is C19H20ClNO4. The Balaban J connectivity index is 1.58. The number of hydrogen-bond acceptors (Lipinski definition) is 4. The molecule has 0 spiro atoms. The zero-order chi connectivity index (χ0) is 17.6. The topological polar surface area (TPSA) is 56.8 Å². The van der Waals surface area contributed by atoms with E-state index in [0.717, 1.165) is 11.1 Å². The van der Waals surface area contributed by atoms with Crippen molar-refractivity contribution in [3.63, 3.8) is 0 Å². The van der Waals surface area contributed by atoms with E-state index in [0.29, 0.717) is 54.9 Å². The number of halogens is 1. The van der Waals surface area contributed by atoms with Gasteiger partial charge in [0.15, 0.2) is 11.5 Å². The molecule has 1 aliphatic rings. The van der Waals surface area contributed by atoms with Crippen LogP contribution < -0.4 is 14.8 Å². The Bertz CT molecular complexity index is 763. The molecule has 2 aromatic carbocycles. The van der Waals surface area contributed by atoms with Crippen molar-refractivity contribution in [2.75, 3.05) is 26.9 Å². The van der Waals surface area contributed by atoms with Crippen LogP contribution in [-0.4, -0.2) is 32.8 Å². The first-order valence-corrected chi connectivity index (χ1v) is 8.49. The Morgan fingerprint density at radius 2 is 2.04 bits per heavy atom. The Hall–Kier alpha value is -2.24. The van der Waals surface area contributed by atoms with Crippen LogP contribution in [0.15, 0.2) is 36.4 Å². The summed E-state index contributed by atoms with van der Waals surface area (Å²) in [6.07, 6.45) is 0.653. The monoisotopic (exact) mass is 361 g/mol. The minimum atomic E-state index is -0.110. The lowest BCUT2D eigenvalue weighted by molar-refractivity contribution is 0.0954. The number of rotatable bonds is 6. The molecule has 3 rings (SSSR count). The lowest BCUT2D eigenvalue weighted by Crippen LogP contribution is -2.25. The van der Waals surface area contributed by atoms with Crippen LogP contribution in [0.2, 0.25) is 5.02 Å². The molecule has 1 heterocycles. The number of carbonyl (C=O) groups is 1. The van der Waals surface area contributed by atoms with Crippen LogP contribution in [0.4, 0.5) is 0 Å². The first kappa shape index (κ1) is 17.6. The molecule has 0 unspecified atom stereocenters. The van der Waals surface area contributed by atoms with Gasteiger partial charge < -0.3 is 19.5 Å². The predicted molar refractivity (Wildman–Crippen MR) is 95.6 cm³/mol. The third kappa shape index (κ3) is 4.44. The Morgan fingerprint density at radius 3 is 2.88 bits per heavy atom. The van der Waals surface area contributed by atoms with Gasteiger partial charge in [-0.15, -0.1) is 0 Å². The number of nitrogens with one attached hydrogen (secondary N) is 1. The van der Waals surface area contributed by atoms with Gasteiger partial charge in [0.1, 0.15) is 13.2 Å². The summed E-state index contributed by atoms with van der Waals surface area (Å²) in [5, 5.41) is 3.45. The molecule has 6 heteroatoms. The lowest BCUT2D eigenvalue weighted by atomic mass is 10.1. The lowest BCUT2D eigenvalue weighted by Gasteiger charge is -2.20. The molecule has 0 aromatic heterocycles. The van der Waals surface area contributed by atoms with E-state index in [1.54, 1.807) is 13.2 Å². The van der Waals surface area contributed by atoms with E-state index in [-0.39, 0.29) is 5.91 Å². The van der Waals surface area contributed by atoms with E-state index in [9.17, 15) is 4.79 Å². The fourth-order valence-electron chi connectivity index (χ4n) is 2.70. The minimum Gasteiger partial charge on any atom is -0.486 e. The summed E-state index contributed by atoms with van der Waals surface area (Å²) in [6.45, 7) is 2.01. The second-order valence-corrected chi connectivity index (χ2v) is 6.15. The average molecular weight is 362 g/mol. The van der Waals surface area contributed by atoms with Crippen molar-refractivity contribution in [3.8, 4) is 11.5 Å². The number of amides is 1. The molecule has 132 valence electrons. The fourth-order valence-corrected chi connectivity index (χ4v) is 2.99. The van der Waals surface area contributed by atoms with Crippen molar-refractivity contribution in [1.29, 1.82) is 0 Å². The van der Waals surface area contributed by atoms with Gasteiger partial charge in [-0.3, -0.25) is 4.79 Å². The normalized spacial score (nSPS) is 12.7. The zero-order valence-corrected chi connectivity index (χ0v) is 14.8. The van der Waals surface area contributed by atoms with Crippen LogP contribution in [0, 0.1) is 0 Å². The predicted octanol–water partition coefficient (Wildman–Crippen LogP) is 3.23. The van der Waals surface area contributed by atoms with Crippen molar-refractivity contribution >= 4 is 17.5 Å². The number of fused-ring (bicyclic) bond motifs is 1. The molecule has 0 saturated heterocycles. The largest absolute Gasteiger partial charge is 0.486 e. The van der Waals surface area contributed by atoms with Crippen molar-refractivity contribution in [1.82, 2.24) is 5.32 Å². The summed E-state index contributed by atoms with van der Waals surface area (Å²) in [5.41, 5.74) is 2.58. The molecule has 0 radical (unpaired) electrons. The first-order chi connectivity index (χ1) is 12.2. The molecule has 0 atom stereocenters. The maximum Gasteiger partial charge on any atom is 0.251 e. The molecule has 0 bridgehead atoms. The molecule has 1 aliphatic heterocycles. The third-order valence-electron chi connectivity index (χ3n) is 3.86. The van der Waals surface area contributed by atoms with E-state index < -0.39 is 0 Å². The SMILES string of the molecule is COCc1cccc(C(=O)NCCc2cc(Cl)c3c(c2)OCCO3)c1. The highest BCUT2D eigenvalue weighted by Crippen LogP contribution is 2.38. The van der Waals surface area contributed by atoms with Gasteiger partial charge in [-0.2, -0.15) is 0 Å². The summed E-state index contributed by atoms with van der Waals surface area (Å²) in [7, 11) is 1.63. The van der Waals surface area contributed by atoms with E-state index in [2.05, 4.69) is 5.32 Å². The highest BCUT2D eigenvalue weighted by Gasteiger charge is 2.16. The number of hydrogen-bond donors (Lipinski definition) is 1. The van der Waals surface area contributed by atoms with Gasteiger partial charge >= 0.3 is 0 Å². The van der Waals surface area contributed by atoms with Gasteiger partial charge in [-0.05, 0) is 41.8 Å². The zero-order valence-electron chi connectivity index (χ0n) is 14.0. The maximum absolute atomic E-state index is 12.3. The van der Waals surface area contributed by atoms with Crippen LogP contribution in [0.3, 0.4) is 0 Å². The summed E-state index contributed by atoms with van der Waals surface area (Å²) < 4.78 is 16.2. The Labute approximate surface area is 151 Å². The quantitative estimate of drug-likeness (QED) is 0.858. The fraction of sp³-hybridized carbons (Fsp3) is 0.316. The van der Waals surface area contributed by atoms with Crippen LogP contribution in [-0.2, 0) is 17.8 Å². The standard InChI is InChI=1S/C19H20ClNO4/c1-23-12-14-3-2-4-15(9-14)19(22)21-6-5-13-10-16(20)18-17(11-13)24-7-8-25-18/h2-4,9-11H,5-8,12H2,1H3,(H,21,22). The summed E-state index contributed by atoms with van der Waals surface area (Å²) in [6, 6.07) is 11.2. The van der Waals surface area contributed by atoms with Gasteiger partial charge in [-0.1, -0.05) is 23.7 Å². The van der Waals surface area contributed by atoms with Gasteiger partial charge in [0.05, 0.1) is 11.6 Å². The highest BCUT2D eigenvalue weighted by molar-refractivity contribution is 6.32. The second kappa shape index (κ2) is 8.23. The highest BCUT2D eigenvalue weighted by atomic mass is 35.5. The van der Waals surface area contributed by atoms with Crippen molar-refractivity contribution in [3.05, 3.63) is 58.1 Å². The van der Waals surface area contributed by atoms with Crippen molar-refractivity contribution < 1.29 is 19.0 Å². The van der Waals surface area contributed by atoms with Gasteiger partial charge in [0, 0.05) is 19.2 Å². The molecule has 1 N–H and O–H groups in total. The van der Waals surface area contributed by atoms with Crippen molar-refractivity contribution in [2.45, 2.75) is 13.0 Å². The number of benzene rings is 2. The van der Waals surface area contributed by atoms with E-state index in [1.807, 2.05) is 30.3 Å². The second-order valence-electron chi connectivity index (χ2n) is 5.74. The van der Waals surface area contributed by atoms with Crippen molar-refractivity contribution in [2.24, 2.45) is 0 Å². The van der Waals surface area contributed by atoms with E-state index in [4.69, 9.17) is 25.8 Å². The van der Waals surface area contributed by atoms with E-state index in [1.165, 1.54) is 0 Å². The van der Waals surface area contributed by atoms with Gasteiger partial charge in [0.25, 0.3) is 5.91 Å². The molecule has 1 amide bonds. The summed E-state index contributed by atoms with van der Waals surface area (Å²) in [5.74, 6) is 1.14. The summed E-state index contributed by atoms with van der Waals surface area (Å²) >= 11 is 6.23. The number of methoxy groups -OCH3 is 1. The molecule has 5 nitrogen and oxygen atoms in total. The molecule has 25 heavy (non-hydrogen) atoms. The first-order valence-electron chi connectivity index (χ1n) is 8.11. The summed E-state index contributed by atoms with van der Waals surface area (Å²) in [4.78, 5) is 12.3. The molecule has 2 aromatic rings. The third-order valence-corrected chi connectivity index (χ3v) is 4.14. The van der Waals surface area contributed by atoms with Gasteiger partial charge in [0.2, 0.25) is 0 Å². The van der Waals surface area contributed by atoms with Crippen LogP contribution in [0.5, 0.6) is 11.5 Å². The van der Waals surface area contributed by atoms with Crippen LogP contribution in [0.25, 0.3) is 0 Å². The molecule has 0 fully saturated rings. The average Bonchev–Trinajstić information content (AvgIpc) is 2.62. The van der Waals surface area contributed by atoms with Crippen LogP contribution in [0.1, 0.15) is 21.5 Å². The smallest absolute Gasteiger partial charge is 0.251 e. The molecule has 0 aliphatic carbocycles. The molecule has 0 saturated carbocycles. The molecular weight excluding hydrogens is 342 g/mol. The number of ether oxygens (including phenoxy) is 3. The minimum absolute atomic E-state index is 0.110.